The van der Waals surface area contributed by atoms with Gasteiger partial charge in [-0.05, 0) is 87.1 Å². The SMILES string of the molecule is CCOC#CC1(O)C=C(C)C(=O)[C@@]2(C)[C@@H]1C[C@]1(O[Si](C)(C)C(C)(C)C)C[C@@]13C[C@H](OC)[C@H](CCOC)[C@@H]23. The van der Waals surface area contributed by atoms with Crippen molar-refractivity contribution in [2.24, 2.45) is 28.6 Å². The van der Waals surface area contributed by atoms with Crippen LogP contribution >= 0.6 is 0 Å². The second-order valence-electron chi connectivity index (χ2n) is 13.8. The maximum atomic E-state index is 14.2. The minimum absolute atomic E-state index is 0.000173. The summed E-state index contributed by atoms with van der Waals surface area (Å²) in [6.45, 7) is 18.2. The van der Waals surface area contributed by atoms with Gasteiger partial charge in [-0.3, -0.25) is 4.79 Å². The van der Waals surface area contributed by atoms with Crippen molar-refractivity contribution in [2.45, 2.75) is 103 Å². The fourth-order valence-electron chi connectivity index (χ4n) is 8.26. The van der Waals surface area contributed by atoms with E-state index in [4.69, 9.17) is 18.6 Å². The summed E-state index contributed by atoms with van der Waals surface area (Å²) in [7, 11) is 1.34. The number of ether oxygens (including phenoxy) is 3. The highest BCUT2D eigenvalue weighted by Gasteiger charge is 2.85. The molecular formula is C30H48O6Si. The molecule has 8 atom stereocenters. The predicted octanol–water partition coefficient (Wildman–Crippen LogP) is 5.11. The van der Waals surface area contributed by atoms with Crippen molar-refractivity contribution in [1.29, 1.82) is 0 Å². The Morgan fingerprint density at radius 2 is 1.89 bits per heavy atom. The fourth-order valence-corrected chi connectivity index (χ4v) is 9.91. The summed E-state index contributed by atoms with van der Waals surface area (Å²) in [6.07, 6.45) is 7.61. The third kappa shape index (κ3) is 4.09. The van der Waals surface area contributed by atoms with E-state index in [9.17, 15) is 9.90 Å². The van der Waals surface area contributed by atoms with Gasteiger partial charge in [-0.1, -0.05) is 27.7 Å². The Bertz CT molecular complexity index is 1020. The van der Waals surface area contributed by atoms with Crippen molar-refractivity contribution in [1.82, 2.24) is 0 Å². The van der Waals surface area contributed by atoms with Crippen molar-refractivity contribution in [3.63, 3.8) is 0 Å². The lowest BCUT2D eigenvalue weighted by atomic mass is 9.47. The average Bonchev–Trinajstić information content (AvgIpc) is 3.28. The maximum absolute atomic E-state index is 14.2. The molecule has 4 rings (SSSR count). The van der Waals surface area contributed by atoms with Gasteiger partial charge in [-0.2, -0.15) is 0 Å². The first-order valence-corrected chi connectivity index (χ1v) is 16.8. The lowest BCUT2D eigenvalue weighted by molar-refractivity contribution is -0.161. The van der Waals surface area contributed by atoms with Crippen LogP contribution in [0.3, 0.4) is 0 Å². The van der Waals surface area contributed by atoms with Crippen LogP contribution in [0.1, 0.15) is 67.2 Å². The maximum Gasteiger partial charge on any atom is 0.192 e. The standard InChI is InChI=1S/C30H48O6Si/c1-11-35-15-13-29(32)16-20(2)25(31)27(6)23(29)18-30(36-37(9,10)26(3,4)5)19-28(30)17-22(34-8)21(24(27)28)12-14-33-7/h16,21-24,32H,11-12,14,17-19H2,1-10H3/t21-,22-,23-,24-,27-,28+,29?,30-/m0/s1. The summed E-state index contributed by atoms with van der Waals surface area (Å²) in [5.41, 5.74) is -2.25. The number of hydrogen-bond donors (Lipinski definition) is 1. The summed E-state index contributed by atoms with van der Waals surface area (Å²) in [5.74, 6) is 2.88. The third-order valence-electron chi connectivity index (χ3n) is 10.9. The van der Waals surface area contributed by atoms with Crippen molar-refractivity contribution in [3.05, 3.63) is 11.6 Å². The molecule has 0 amide bonds. The van der Waals surface area contributed by atoms with E-state index in [2.05, 4.69) is 52.8 Å². The number of carbonyl (C=O) groups excluding carboxylic acids is 1. The van der Waals surface area contributed by atoms with Crippen LogP contribution in [0.2, 0.25) is 18.1 Å². The number of ketones is 1. The van der Waals surface area contributed by atoms with E-state index in [-0.39, 0.29) is 34.2 Å². The highest BCUT2D eigenvalue weighted by Crippen LogP contribution is 2.83. The molecule has 0 bridgehead atoms. The van der Waals surface area contributed by atoms with Gasteiger partial charge < -0.3 is 23.7 Å². The number of methoxy groups -OCH3 is 2. The molecule has 0 saturated heterocycles. The first-order valence-electron chi connectivity index (χ1n) is 13.9. The zero-order valence-corrected chi connectivity index (χ0v) is 25.6. The highest BCUT2D eigenvalue weighted by atomic mass is 28.4. The fraction of sp³-hybridized carbons (Fsp3) is 0.833. The first kappa shape index (κ1) is 28.8. The Morgan fingerprint density at radius 3 is 2.46 bits per heavy atom. The zero-order chi connectivity index (χ0) is 27.7. The third-order valence-corrected chi connectivity index (χ3v) is 15.4. The summed E-state index contributed by atoms with van der Waals surface area (Å²) >= 11 is 0. The van der Waals surface area contributed by atoms with Crippen LogP contribution in [-0.2, 0) is 23.4 Å². The van der Waals surface area contributed by atoms with Crippen LogP contribution in [0.5, 0.6) is 0 Å². The second kappa shape index (κ2) is 9.20. The van der Waals surface area contributed by atoms with E-state index in [0.717, 1.165) is 19.3 Å². The highest BCUT2D eigenvalue weighted by molar-refractivity contribution is 6.74. The second-order valence-corrected chi connectivity index (χ2v) is 18.5. The van der Waals surface area contributed by atoms with Gasteiger partial charge in [-0.15, -0.1) is 0 Å². The molecule has 3 fully saturated rings. The van der Waals surface area contributed by atoms with E-state index < -0.39 is 30.9 Å². The molecule has 0 aromatic carbocycles. The molecular weight excluding hydrogens is 484 g/mol. The first-order chi connectivity index (χ1) is 17.1. The summed E-state index contributed by atoms with van der Waals surface area (Å²) in [6, 6.07) is 0. The molecule has 0 aromatic heterocycles. The van der Waals surface area contributed by atoms with Crippen molar-refractivity contribution in [2.75, 3.05) is 27.4 Å². The quantitative estimate of drug-likeness (QED) is 0.363. The molecule has 0 radical (unpaired) electrons. The Morgan fingerprint density at radius 1 is 1.22 bits per heavy atom. The minimum Gasteiger partial charge on any atom is -0.447 e. The molecule has 1 N–H and O–H groups in total. The molecule has 4 aliphatic rings. The number of allylic oxidation sites excluding steroid dienone is 1. The molecule has 4 aliphatic carbocycles. The molecule has 1 spiro atoms. The topological polar surface area (TPSA) is 74.2 Å². The largest absolute Gasteiger partial charge is 0.447 e. The Balaban J connectivity index is 1.91. The lowest BCUT2D eigenvalue weighted by Gasteiger charge is -2.58. The van der Waals surface area contributed by atoms with Gasteiger partial charge in [0, 0.05) is 37.6 Å². The monoisotopic (exact) mass is 532 g/mol. The van der Waals surface area contributed by atoms with Gasteiger partial charge in [0.2, 0.25) is 0 Å². The number of hydrogen-bond acceptors (Lipinski definition) is 6. The minimum atomic E-state index is -2.16. The van der Waals surface area contributed by atoms with Gasteiger partial charge in [0.1, 0.15) is 6.11 Å². The summed E-state index contributed by atoms with van der Waals surface area (Å²) in [4.78, 5) is 14.2. The van der Waals surface area contributed by atoms with E-state index in [1.54, 1.807) is 20.3 Å². The number of Topliss-reactive ketones (excluding diaryl/α,β-unsaturated/α-hetero) is 1. The van der Waals surface area contributed by atoms with Gasteiger partial charge in [-0.25, -0.2) is 0 Å². The molecule has 208 valence electrons. The van der Waals surface area contributed by atoms with Crippen molar-refractivity contribution >= 4 is 14.1 Å². The van der Waals surface area contributed by atoms with Crippen LogP contribution < -0.4 is 0 Å². The summed E-state index contributed by atoms with van der Waals surface area (Å²) in [5, 5.41) is 12.2. The molecule has 0 aromatic rings. The molecule has 0 aliphatic heterocycles. The van der Waals surface area contributed by atoms with Crippen LogP contribution in [0.15, 0.2) is 11.6 Å². The van der Waals surface area contributed by atoms with Gasteiger partial charge in [0.25, 0.3) is 0 Å². The van der Waals surface area contributed by atoms with Gasteiger partial charge >= 0.3 is 0 Å². The van der Waals surface area contributed by atoms with Crippen LogP contribution in [0.25, 0.3) is 0 Å². The van der Waals surface area contributed by atoms with Crippen LogP contribution in [0, 0.1) is 40.6 Å². The lowest BCUT2D eigenvalue weighted by Crippen LogP contribution is -2.63. The van der Waals surface area contributed by atoms with E-state index >= 15 is 0 Å². The van der Waals surface area contributed by atoms with Crippen LogP contribution in [-0.4, -0.2) is 63.9 Å². The Kier molecular flexibility index (Phi) is 7.16. The number of aliphatic hydroxyl groups is 1. The molecule has 3 saturated carbocycles. The Labute approximate surface area is 225 Å². The van der Waals surface area contributed by atoms with Gasteiger partial charge in [0.05, 0.1) is 18.3 Å². The van der Waals surface area contributed by atoms with E-state index in [1.165, 1.54) is 0 Å². The number of carbonyl (C=O) groups is 1. The van der Waals surface area contributed by atoms with Crippen LogP contribution in [0.4, 0.5) is 0 Å². The molecule has 0 heterocycles. The Hall–Kier alpha value is -1.17. The normalized spacial score (nSPS) is 42.7. The zero-order valence-electron chi connectivity index (χ0n) is 24.6. The summed E-state index contributed by atoms with van der Waals surface area (Å²) < 4.78 is 24.4. The predicted molar refractivity (Wildman–Crippen MR) is 146 cm³/mol. The van der Waals surface area contributed by atoms with E-state index in [1.807, 2.05) is 13.8 Å². The van der Waals surface area contributed by atoms with Gasteiger partial charge in [0.15, 0.2) is 19.7 Å². The molecule has 37 heavy (non-hydrogen) atoms. The number of fused-ring (bicyclic) bond motifs is 2. The van der Waals surface area contributed by atoms with Crippen molar-refractivity contribution in [3.8, 4) is 12.0 Å². The number of rotatable bonds is 7. The molecule has 7 heteroatoms. The van der Waals surface area contributed by atoms with E-state index in [0.29, 0.717) is 25.2 Å². The van der Waals surface area contributed by atoms with Crippen molar-refractivity contribution < 1.29 is 28.5 Å². The average molecular weight is 533 g/mol. The molecule has 1 unspecified atom stereocenters. The molecule has 6 nitrogen and oxygen atoms in total. The smallest absolute Gasteiger partial charge is 0.192 e.